The Morgan fingerprint density at radius 1 is 1.37 bits per heavy atom. The lowest BCUT2D eigenvalue weighted by Gasteiger charge is -2.47. The van der Waals surface area contributed by atoms with Crippen LogP contribution < -0.4 is 5.73 Å². The number of carbonyl (C=O) groups excluding carboxylic acids is 1. The third kappa shape index (κ3) is 1.96. The number of benzene rings is 1. The lowest BCUT2D eigenvalue weighted by Crippen LogP contribution is -2.68. The van der Waals surface area contributed by atoms with E-state index in [1.165, 1.54) is 0 Å². The quantitative estimate of drug-likeness (QED) is 0.876. The summed E-state index contributed by atoms with van der Waals surface area (Å²) >= 11 is 0. The minimum atomic E-state index is -0.216. The fourth-order valence-electron chi connectivity index (χ4n) is 2.42. The van der Waals surface area contributed by atoms with Gasteiger partial charge in [-0.3, -0.25) is 14.8 Å². The third-order valence-corrected chi connectivity index (χ3v) is 3.73. The highest BCUT2D eigenvalue weighted by molar-refractivity contribution is 6.05. The topological polar surface area (TPSA) is 72.1 Å². The first kappa shape index (κ1) is 12.0. The van der Waals surface area contributed by atoms with Crippen molar-refractivity contribution in [1.29, 1.82) is 0 Å². The molecule has 5 nitrogen and oxygen atoms in total. The highest BCUT2D eigenvalue weighted by Crippen LogP contribution is 2.25. The zero-order valence-corrected chi connectivity index (χ0v) is 10.8. The second kappa shape index (κ2) is 4.28. The molecule has 2 aromatic rings. The zero-order valence-electron chi connectivity index (χ0n) is 10.8. The monoisotopic (exact) mass is 256 g/mol. The number of nitrogens with zero attached hydrogens (tertiary/aromatic N) is 3. The molecule has 1 saturated heterocycles. The number of amides is 1. The van der Waals surface area contributed by atoms with Crippen LogP contribution in [0.4, 0.5) is 0 Å². The Morgan fingerprint density at radius 2 is 2.11 bits per heavy atom. The zero-order chi connectivity index (χ0) is 13.5. The molecule has 0 atom stereocenters. The van der Waals surface area contributed by atoms with Gasteiger partial charge in [-0.05, 0) is 18.6 Å². The molecule has 1 aliphatic heterocycles. The Morgan fingerprint density at radius 3 is 2.84 bits per heavy atom. The van der Waals surface area contributed by atoms with Crippen LogP contribution in [0.1, 0.15) is 23.7 Å². The van der Waals surface area contributed by atoms with Gasteiger partial charge in [0.25, 0.3) is 5.91 Å². The molecule has 1 amide bonds. The van der Waals surface area contributed by atoms with E-state index < -0.39 is 0 Å². The number of carbonyl (C=O) groups is 1. The van der Waals surface area contributed by atoms with Crippen molar-refractivity contribution in [2.75, 3.05) is 13.1 Å². The van der Waals surface area contributed by atoms with E-state index in [0.717, 1.165) is 11.9 Å². The van der Waals surface area contributed by atoms with Crippen molar-refractivity contribution in [2.24, 2.45) is 5.73 Å². The molecular weight excluding hydrogens is 240 g/mol. The van der Waals surface area contributed by atoms with Crippen LogP contribution in [-0.2, 0) is 0 Å². The van der Waals surface area contributed by atoms with E-state index >= 15 is 0 Å². The maximum Gasteiger partial charge on any atom is 0.256 e. The van der Waals surface area contributed by atoms with Crippen molar-refractivity contribution in [3.8, 4) is 0 Å². The summed E-state index contributed by atoms with van der Waals surface area (Å²) in [6, 6.07) is 5.48. The van der Waals surface area contributed by atoms with E-state index in [1.807, 2.05) is 19.1 Å². The standard InChI is InChI=1S/C14H16N4O/c1-2-14(15)8-18(9-14)13(19)10-4-3-5-11-12(10)17-7-6-16-11/h3-7H,2,8-9,15H2,1H3. The van der Waals surface area contributed by atoms with E-state index in [1.54, 1.807) is 23.4 Å². The molecule has 1 aromatic carbocycles. The first-order valence-electron chi connectivity index (χ1n) is 6.41. The molecule has 98 valence electrons. The predicted octanol–water partition coefficient (Wildman–Crippen LogP) is 1.19. The molecule has 1 aliphatic rings. The Kier molecular flexibility index (Phi) is 2.71. The highest BCUT2D eigenvalue weighted by Gasteiger charge is 2.40. The second-order valence-electron chi connectivity index (χ2n) is 5.11. The van der Waals surface area contributed by atoms with Crippen LogP contribution in [-0.4, -0.2) is 39.4 Å². The van der Waals surface area contributed by atoms with Crippen molar-refractivity contribution >= 4 is 16.9 Å². The SMILES string of the molecule is CCC1(N)CN(C(=O)c2cccc3nccnc23)C1. The maximum absolute atomic E-state index is 12.4. The van der Waals surface area contributed by atoms with Crippen molar-refractivity contribution in [1.82, 2.24) is 14.9 Å². The third-order valence-electron chi connectivity index (χ3n) is 3.73. The summed E-state index contributed by atoms with van der Waals surface area (Å²) in [5.41, 5.74) is 7.88. The van der Waals surface area contributed by atoms with Crippen LogP contribution in [0.2, 0.25) is 0 Å². The predicted molar refractivity (Wildman–Crippen MR) is 72.7 cm³/mol. The largest absolute Gasteiger partial charge is 0.335 e. The van der Waals surface area contributed by atoms with E-state index in [2.05, 4.69) is 9.97 Å². The number of hydrogen-bond donors (Lipinski definition) is 1. The number of rotatable bonds is 2. The Bertz CT molecular complexity index is 629. The number of fused-ring (bicyclic) bond motifs is 1. The van der Waals surface area contributed by atoms with Crippen LogP contribution in [0.5, 0.6) is 0 Å². The van der Waals surface area contributed by atoms with Crippen LogP contribution in [0, 0.1) is 0 Å². The van der Waals surface area contributed by atoms with Gasteiger partial charge in [0.1, 0.15) is 5.52 Å². The van der Waals surface area contributed by atoms with Crippen LogP contribution in [0.25, 0.3) is 11.0 Å². The fraction of sp³-hybridized carbons (Fsp3) is 0.357. The molecule has 1 aromatic heterocycles. The summed E-state index contributed by atoms with van der Waals surface area (Å²) < 4.78 is 0. The molecule has 0 spiro atoms. The van der Waals surface area contributed by atoms with Gasteiger partial charge < -0.3 is 10.6 Å². The molecule has 1 fully saturated rings. The van der Waals surface area contributed by atoms with E-state index in [4.69, 9.17) is 5.73 Å². The van der Waals surface area contributed by atoms with Crippen molar-refractivity contribution in [3.63, 3.8) is 0 Å². The number of para-hydroxylation sites is 1. The summed E-state index contributed by atoms with van der Waals surface area (Å²) in [6.45, 7) is 3.27. The summed E-state index contributed by atoms with van der Waals surface area (Å²) in [5, 5.41) is 0. The van der Waals surface area contributed by atoms with Crippen molar-refractivity contribution < 1.29 is 4.79 Å². The first-order valence-corrected chi connectivity index (χ1v) is 6.41. The van der Waals surface area contributed by atoms with Gasteiger partial charge in [0, 0.05) is 25.5 Å². The molecular formula is C14H16N4O. The number of hydrogen-bond acceptors (Lipinski definition) is 4. The Labute approximate surface area is 111 Å². The van der Waals surface area contributed by atoms with Gasteiger partial charge in [-0.2, -0.15) is 0 Å². The van der Waals surface area contributed by atoms with Crippen molar-refractivity contribution in [2.45, 2.75) is 18.9 Å². The molecule has 5 heteroatoms. The van der Waals surface area contributed by atoms with Crippen molar-refractivity contribution in [3.05, 3.63) is 36.2 Å². The first-order chi connectivity index (χ1) is 9.13. The van der Waals surface area contributed by atoms with Gasteiger partial charge in [-0.1, -0.05) is 13.0 Å². The average molecular weight is 256 g/mol. The minimum absolute atomic E-state index is 0.0133. The fourth-order valence-corrected chi connectivity index (χ4v) is 2.42. The smallest absolute Gasteiger partial charge is 0.256 e. The lowest BCUT2D eigenvalue weighted by atomic mass is 9.87. The molecule has 19 heavy (non-hydrogen) atoms. The molecule has 0 saturated carbocycles. The van der Waals surface area contributed by atoms with E-state index in [0.29, 0.717) is 24.2 Å². The van der Waals surface area contributed by atoms with Crippen LogP contribution in [0.15, 0.2) is 30.6 Å². The molecule has 3 rings (SSSR count). The molecule has 2 heterocycles. The molecule has 0 aliphatic carbocycles. The number of likely N-dealkylation sites (tertiary alicyclic amines) is 1. The molecule has 0 bridgehead atoms. The van der Waals surface area contributed by atoms with E-state index in [-0.39, 0.29) is 11.4 Å². The molecule has 0 radical (unpaired) electrons. The average Bonchev–Trinajstić information content (AvgIpc) is 2.42. The maximum atomic E-state index is 12.4. The van der Waals surface area contributed by atoms with Gasteiger partial charge in [0.2, 0.25) is 0 Å². The summed E-state index contributed by atoms with van der Waals surface area (Å²) in [6.07, 6.45) is 4.11. The lowest BCUT2D eigenvalue weighted by molar-refractivity contribution is 0.0403. The van der Waals surface area contributed by atoms with Gasteiger partial charge in [-0.15, -0.1) is 0 Å². The van der Waals surface area contributed by atoms with Gasteiger partial charge in [0.05, 0.1) is 16.6 Å². The number of aromatic nitrogens is 2. The van der Waals surface area contributed by atoms with Gasteiger partial charge in [0.15, 0.2) is 0 Å². The molecule has 2 N–H and O–H groups in total. The summed E-state index contributed by atoms with van der Waals surface area (Å²) in [5.74, 6) is -0.0133. The Balaban J connectivity index is 1.91. The Hall–Kier alpha value is -2.01. The van der Waals surface area contributed by atoms with Gasteiger partial charge >= 0.3 is 0 Å². The van der Waals surface area contributed by atoms with Crippen LogP contribution in [0.3, 0.4) is 0 Å². The highest BCUT2D eigenvalue weighted by atomic mass is 16.2. The summed E-state index contributed by atoms with van der Waals surface area (Å²) in [4.78, 5) is 22.7. The van der Waals surface area contributed by atoms with Crippen LogP contribution >= 0.6 is 0 Å². The summed E-state index contributed by atoms with van der Waals surface area (Å²) in [7, 11) is 0. The minimum Gasteiger partial charge on any atom is -0.335 e. The van der Waals surface area contributed by atoms with Gasteiger partial charge in [-0.25, -0.2) is 0 Å². The molecule has 0 unspecified atom stereocenters. The normalized spacial score (nSPS) is 17.3. The van der Waals surface area contributed by atoms with E-state index in [9.17, 15) is 4.79 Å². The number of nitrogens with two attached hydrogens (primary N) is 1. The second-order valence-corrected chi connectivity index (χ2v) is 5.11.